The van der Waals surface area contributed by atoms with Gasteiger partial charge in [-0.2, -0.15) is 0 Å². The third kappa shape index (κ3) is 6.02. The van der Waals surface area contributed by atoms with Gasteiger partial charge in [-0.15, -0.1) is 0 Å². The number of amides is 2. The fraction of sp³-hybridized carbons (Fsp3) is 0.462. The van der Waals surface area contributed by atoms with Gasteiger partial charge in [0.1, 0.15) is 11.5 Å². The maximum atomic E-state index is 13.1. The van der Waals surface area contributed by atoms with Crippen molar-refractivity contribution in [3.63, 3.8) is 0 Å². The zero-order valence-corrected chi connectivity index (χ0v) is 19.5. The van der Waals surface area contributed by atoms with Crippen molar-refractivity contribution in [2.24, 2.45) is 11.8 Å². The third-order valence-electron chi connectivity index (χ3n) is 5.23. The number of nitrogens with zero attached hydrogens (tertiary/aromatic N) is 2. The van der Waals surface area contributed by atoms with E-state index in [-0.39, 0.29) is 11.8 Å². The maximum absolute atomic E-state index is 13.1. The summed E-state index contributed by atoms with van der Waals surface area (Å²) in [6, 6.07) is 14.7. The first-order valence-electron chi connectivity index (χ1n) is 11.4. The van der Waals surface area contributed by atoms with E-state index >= 15 is 0 Å². The van der Waals surface area contributed by atoms with Crippen LogP contribution in [0.3, 0.4) is 0 Å². The Labute approximate surface area is 191 Å². The molecule has 3 rings (SSSR count). The van der Waals surface area contributed by atoms with Crippen LogP contribution >= 0.6 is 0 Å². The van der Waals surface area contributed by atoms with E-state index in [2.05, 4.69) is 27.7 Å². The molecule has 1 aliphatic heterocycles. The molecule has 172 valence electrons. The molecule has 1 heterocycles. The Kier molecular flexibility index (Phi) is 8.14. The molecule has 0 aliphatic carbocycles. The summed E-state index contributed by atoms with van der Waals surface area (Å²) in [4.78, 5) is 29.9. The van der Waals surface area contributed by atoms with Crippen molar-refractivity contribution in [1.82, 2.24) is 9.80 Å². The van der Waals surface area contributed by atoms with E-state index in [0.29, 0.717) is 73.9 Å². The predicted octanol–water partition coefficient (Wildman–Crippen LogP) is 4.35. The molecule has 1 saturated heterocycles. The summed E-state index contributed by atoms with van der Waals surface area (Å²) < 4.78 is 11.7. The highest BCUT2D eigenvalue weighted by Crippen LogP contribution is 2.24. The largest absolute Gasteiger partial charge is 0.492 e. The molecule has 1 aliphatic rings. The number of hydrogen-bond acceptors (Lipinski definition) is 4. The average Bonchev–Trinajstić information content (AvgIpc) is 2.81. The van der Waals surface area contributed by atoms with Crippen molar-refractivity contribution >= 4 is 11.8 Å². The zero-order valence-electron chi connectivity index (χ0n) is 19.5. The molecule has 32 heavy (non-hydrogen) atoms. The summed E-state index contributed by atoms with van der Waals surface area (Å²) in [6.45, 7) is 11.4. The first-order valence-corrected chi connectivity index (χ1v) is 11.4. The molecular weight excluding hydrogens is 404 g/mol. The molecule has 0 saturated carbocycles. The standard InChI is InChI=1S/C26H34N2O4/c1-19(2)17-31-23-11-7-5-9-21(23)25(29)27-13-15-28(16-14-27)26(30)22-10-6-8-12-24(22)32-18-20(3)4/h5-12,19-20H,13-18H2,1-4H3. The molecule has 2 aromatic carbocycles. The number of benzene rings is 2. The van der Waals surface area contributed by atoms with Crippen molar-refractivity contribution in [1.29, 1.82) is 0 Å². The SMILES string of the molecule is CC(C)COc1ccccc1C(=O)N1CCN(C(=O)c2ccccc2OCC(C)C)CC1. The van der Waals surface area contributed by atoms with Crippen LogP contribution in [0.1, 0.15) is 48.4 Å². The van der Waals surface area contributed by atoms with E-state index in [4.69, 9.17) is 9.47 Å². The number of rotatable bonds is 8. The van der Waals surface area contributed by atoms with Gasteiger partial charge in [0, 0.05) is 26.2 Å². The molecule has 0 bridgehead atoms. The van der Waals surface area contributed by atoms with E-state index in [1.54, 1.807) is 21.9 Å². The summed E-state index contributed by atoms with van der Waals surface area (Å²) in [5.74, 6) is 1.86. The van der Waals surface area contributed by atoms with Crippen LogP contribution in [-0.2, 0) is 0 Å². The van der Waals surface area contributed by atoms with Crippen LogP contribution in [0.15, 0.2) is 48.5 Å². The van der Waals surface area contributed by atoms with E-state index < -0.39 is 0 Å². The first-order chi connectivity index (χ1) is 15.4. The number of ether oxygens (including phenoxy) is 2. The molecule has 0 unspecified atom stereocenters. The summed E-state index contributed by atoms with van der Waals surface area (Å²) in [6.07, 6.45) is 0. The van der Waals surface area contributed by atoms with Gasteiger partial charge in [0.15, 0.2) is 0 Å². The smallest absolute Gasteiger partial charge is 0.257 e. The number of carbonyl (C=O) groups is 2. The Balaban J connectivity index is 1.64. The average molecular weight is 439 g/mol. The second-order valence-corrected chi connectivity index (χ2v) is 8.99. The Morgan fingerprint density at radius 3 is 1.38 bits per heavy atom. The van der Waals surface area contributed by atoms with Crippen LogP contribution < -0.4 is 9.47 Å². The molecule has 0 spiro atoms. The van der Waals surface area contributed by atoms with Crippen LogP contribution in [0, 0.1) is 11.8 Å². The molecule has 1 fully saturated rings. The summed E-state index contributed by atoms with van der Waals surface area (Å²) in [5, 5.41) is 0. The highest BCUT2D eigenvalue weighted by molar-refractivity contribution is 5.98. The van der Waals surface area contributed by atoms with Crippen LogP contribution in [0.5, 0.6) is 11.5 Å². The lowest BCUT2D eigenvalue weighted by Crippen LogP contribution is -2.50. The van der Waals surface area contributed by atoms with Crippen LogP contribution in [0.25, 0.3) is 0 Å². The fourth-order valence-corrected chi connectivity index (χ4v) is 3.50. The highest BCUT2D eigenvalue weighted by atomic mass is 16.5. The molecule has 6 nitrogen and oxygen atoms in total. The molecule has 2 aromatic rings. The van der Waals surface area contributed by atoms with Gasteiger partial charge < -0.3 is 19.3 Å². The summed E-state index contributed by atoms with van der Waals surface area (Å²) in [7, 11) is 0. The minimum absolute atomic E-state index is 0.0582. The van der Waals surface area contributed by atoms with Crippen molar-refractivity contribution in [3.05, 3.63) is 59.7 Å². The van der Waals surface area contributed by atoms with Crippen molar-refractivity contribution in [2.45, 2.75) is 27.7 Å². The van der Waals surface area contributed by atoms with Gasteiger partial charge >= 0.3 is 0 Å². The van der Waals surface area contributed by atoms with Gasteiger partial charge in [-0.25, -0.2) is 0 Å². The van der Waals surface area contributed by atoms with E-state index in [1.165, 1.54) is 0 Å². The fourth-order valence-electron chi connectivity index (χ4n) is 3.50. The van der Waals surface area contributed by atoms with Crippen molar-refractivity contribution < 1.29 is 19.1 Å². The highest BCUT2D eigenvalue weighted by Gasteiger charge is 2.28. The minimum Gasteiger partial charge on any atom is -0.492 e. The van der Waals surface area contributed by atoms with Gasteiger partial charge in [0.2, 0.25) is 0 Å². The molecule has 0 radical (unpaired) electrons. The first kappa shape index (κ1) is 23.6. The van der Waals surface area contributed by atoms with Gasteiger partial charge in [0.25, 0.3) is 11.8 Å². The molecular formula is C26H34N2O4. The van der Waals surface area contributed by atoms with E-state index in [1.807, 2.05) is 36.4 Å². The van der Waals surface area contributed by atoms with Crippen molar-refractivity contribution in [2.75, 3.05) is 39.4 Å². The molecule has 6 heteroatoms. The molecule has 0 aromatic heterocycles. The molecule has 0 N–H and O–H groups in total. The lowest BCUT2D eigenvalue weighted by Gasteiger charge is -2.35. The Hall–Kier alpha value is -3.02. The van der Waals surface area contributed by atoms with Gasteiger partial charge in [-0.1, -0.05) is 52.0 Å². The lowest BCUT2D eigenvalue weighted by molar-refractivity contribution is 0.0530. The van der Waals surface area contributed by atoms with Gasteiger partial charge in [0.05, 0.1) is 24.3 Å². The summed E-state index contributed by atoms with van der Waals surface area (Å²) in [5.41, 5.74) is 1.14. The van der Waals surface area contributed by atoms with Crippen LogP contribution in [0.4, 0.5) is 0 Å². The quantitative estimate of drug-likeness (QED) is 0.615. The van der Waals surface area contributed by atoms with Gasteiger partial charge in [-0.05, 0) is 36.1 Å². The monoisotopic (exact) mass is 438 g/mol. The topological polar surface area (TPSA) is 59.1 Å². The summed E-state index contributed by atoms with van der Waals surface area (Å²) >= 11 is 0. The Morgan fingerprint density at radius 2 is 1.03 bits per heavy atom. The normalized spacial score (nSPS) is 14.1. The van der Waals surface area contributed by atoms with Gasteiger partial charge in [-0.3, -0.25) is 9.59 Å². The zero-order chi connectivity index (χ0) is 23.1. The molecule has 0 atom stereocenters. The van der Waals surface area contributed by atoms with Crippen LogP contribution in [0.2, 0.25) is 0 Å². The van der Waals surface area contributed by atoms with E-state index in [9.17, 15) is 9.59 Å². The minimum atomic E-state index is -0.0582. The lowest BCUT2D eigenvalue weighted by atomic mass is 10.1. The Morgan fingerprint density at radius 1 is 0.688 bits per heavy atom. The number of hydrogen-bond donors (Lipinski definition) is 0. The number of carbonyl (C=O) groups excluding carboxylic acids is 2. The third-order valence-corrected chi connectivity index (χ3v) is 5.23. The van der Waals surface area contributed by atoms with Crippen molar-refractivity contribution in [3.8, 4) is 11.5 Å². The maximum Gasteiger partial charge on any atom is 0.257 e. The second-order valence-electron chi connectivity index (χ2n) is 8.99. The van der Waals surface area contributed by atoms with E-state index in [0.717, 1.165) is 0 Å². The number of para-hydroxylation sites is 2. The molecule has 2 amide bonds. The predicted molar refractivity (Wildman–Crippen MR) is 125 cm³/mol. The second kappa shape index (κ2) is 11.0. The van der Waals surface area contributed by atoms with Crippen LogP contribution in [-0.4, -0.2) is 61.0 Å². The Bertz CT molecular complexity index is 842. The number of piperazine rings is 1.